The van der Waals surface area contributed by atoms with Gasteiger partial charge in [-0.2, -0.15) is 0 Å². The molecule has 3 aromatic rings. The molecule has 6 nitrogen and oxygen atoms in total. The molecule has 1 aromatic heterocycles. The Morgan fingerprint density at radius 1 is 1.09 bits per heavy atom. The van der Waals surface area contributed by atoms with Gasteiger partial charge in [-0.15, -0.1) is 0 Å². The minimum Gasteiger partial charge on any atom is -0.456 e. The Kier molecular flexibility index (Phi) is 3.97. The van der Waals surface area contributed by atoms with Crippen LogP contribution in [0.4, 0.5) is 5.69 Å². The number of benzene rings is 2. The Morgan fingerprint density at radius 3 is 2.52 bits per heavy atom. The number of aromatic nitrogens is 1. The average Bonchev–Trinajstić information content (AvgIpc) is 2.59. The van der Waals surface area contributed by atoms with Crippen LogP contribution < -0.4 is 0 Å². The quantitative estimate of drug-likeness (QED) is 0.418. The lowest BCUT2D eigenvalue weighted by Crippen LogP contribution is -2.08. The topological polar surface area (TPSA) is 82.3 Å². The molecule has 0 spiro atoms. The number of hydrogen-bond donors (Lipinski definition) is 0. The fourth-order valence-electron chi connectivity index (χ4n) is 2.21. The molecule has 114 valence electrons. The summed E-state index contributed by atoms with van der Waals surface area (Å²) in [6, 6.07) is 16.9. The van der Waals surface area contributed by atoms with E-state index in [0.29, 0.717) is 10.9 Å². The minimum atomic E-state index is -0.692. The molecule has 1 heterocycles. The number of pyridine rings is 1. The SMILES string of the molecule is O=C(OCc1ccccc1)c1cc([N+](=O)[O-])c2ccccc2n1. The summed E-state index contributed by atoms with van der Waals surface area (Å²) >= 11 is 0. The van der Waals surface area contributed by atoms with Crippen molar-refractivity contribution in [2.45, 2.75) is 6.61 Å². The third kappa shape index (κ3) is 3.16. The van der Waals surface area contributed by atoms with Crippen LogP contribution in [0, 0.1) is 10.1 Å². The molecular weight excluding hydrogens is 296 g/mol. The fraction of sp³-hybridized carbons (Fsp3) is 0.0588. The van der Waals surface area contributed by atoms with Crippen LogP contribution in [-0.4, -0.2) is 15.9 Å². The van der Waals surface area contributed by atoms with E-state index in [1.165, 1.54) is 0 Å². The second-order valence-electron chi connectivity index (χ2n) is 4.86. The van der Waals surface area contributed by atoms with Gasteiger partial charge in [0.1, 0.15) is 6.61 Å². The Labute approximate surface area is 131 Å². The molecule has 2 aromatic carbocycles. The molecular formula is C17H12N2O4. The predicted octanol–water partition coefficient (Wildman–Crippen LogP) is 3.50. The number of nitro groups is 1. The third-order valence-corrected chi connectivity index (χ3v) is 3.31. The number of esters is 1. The maximum atomic E-state index is 12.1. The second kappa shape index (κ2) is 6.23. The number of hydrogen-bond acceptors (Lipinski definition) is 5. The zero-order valence-electron chi connectivity index (χ0n) is 12.0. The highest BCUT2D eigenvalue weighted by Crippen LogP contribution is 2.25. The molecule has 0 fully saturated rings. The van der Waals surface area contributed by atoms with Crippen molar-refractivity contribution in [1.82, 2.24) is 4.98 Å². The van der Waals surface area contributed by atoms with E-state index < -0.39 is 10.9 Å². The fourth-order valence-corrected chi connectivity index (χ4v) is 2.21. The molecule has 0 aliphatic rings. The molecule has 0 unspecified atom stereocenters. The van der Waals surface area contributed by atoms with Gasteiger partial charge in [0.15, 0.2) is 5.69 Å². The number of para-hydroxylation sites is 1. The monoisotopic (exact) mass is 308 g/mol. The summed E-state index contributed by atoms with van der Waals surface area (Å²) in [5, 5.41) is 11.6. The van der Waals surface area contributed by atoms with Crippen LogP contribution in [0.5, 0.6) is 0 Å². The van der Waals surface area contributed by atoms with Crippen molar-refractivity contribution in [1.29, 1.82) is 0 Å². The first-order chi connectivity index (χ1) is 11.1. The molecule has 0 radical (unpaired) electrons. The number of rotatable bonds is 4. The van der Waals surface area contributed by atoms with Crippen LogP contribution in [0.1, 0.15) is 16.1 Å². The van der Waals surface area contributed by atoms with Gasteiger partial charge >= 0.3 is 5.97 Å². The zero-order chi connectivity index (χ0) is 16.2. The maximum absolute atomic E-state index is 12.1. The van der Waals surface area contributed by atoms with Crippen molar-refractivity contribution >= 4 is 22.6 Å². The highest BCUT2D eigenvalue weighted by atomic mass is 16.6. The molecule has 0 amide bonds. The number of nitrogens with zero attached hydrogens (tertiary/aromatic N) is 2. The molecule has 0 aliphatic heterocycles. The molecule has 0 aliphatic carbocycles. The summed E-state index contributed by atoms with van der Waals surface area (Å²) in [6.07, 6.45) is 0. The smallest absolute Gasteiger partial charge is 0.357 e. The van der Waals surface area contributed by atoms with E-state index >= 15 is 0 Å². The van der Waals surface area contributed by atoms with Crippen LogP contribution in [0.25, 0.3) is 10.9 Å². The van der Waals surface area contributed by atoms with Gasteiger partial charge in [0.2, 0.25) is 0 Å². The van der Waals surface area contributed by atoms with Crippen LogP contribution in [0.2, 0.25) is 0 Å². The van der Waals surface area contributed by atoms with Crippen molar-refractivity contribution in [2.24, 2.45) is 0 Å². The van der Waals surface area contributed by atoms with E-state index in [1.54, 1.807) is 24.3 Å². The molecule has 0 atom stereocenters. The Bertz CT molecular complexity index is 878. The minimum absolute atomic E-state index is 0.0775. The molecule has 6 heteroatoms. The first-order valence-electron chi connectivity index (χ1n) is 6.90. The number of carbonyl (C=O) groups excluding carboxylic acids is 1. The standard InChI is InChI=1S/C17H12N2O4/c20-17(23-11-12-6-2-1-3-7-12)15-10-16(19(21)22)13-8-4-5-9-14(13)18-15/h1-10H,11H2. The van der Waals surface area contributed by atoms with Gasteiger partial charge in [-0.1, -0.05) is 42.5 Å². The summed E-state index contributed by atoms with van der Waals surface area (Å²) in [6.45, 7) is 0.0853. The molecule has 0 bridgehead atoms. The Balaban J connectivity index is 1.90. The van der Waals surface area contributed by atoms with Gasteiger partial charge in [0, 0.05) is 6.07 Å². The van der Waals surface area contributed by atoms with Gasteiger partial charge in [-0.25, -0.2) is 9.78 Å². The van der Waals surface area contributed by atoms with Crippen molar-refractivity contribution in [2.75, 3.05) is 0 Å². The zero-order valence-corrected chi connectivity index (χ0v) is 12.0. The predicted molar refractivity (Wildman–Crippen MR) is 84.0 cm³/mol. The van der Waals surface area contributed by atoms with E-state index in [0.717, 1.165) is 11.6 Å². The largest absolute Gasteiger partial charge is 0.456 e. The van der Waals surface area contributed by atoms with E-state index in [2.05, 4.69) is 4.98 Å². The highest BCUT2D eigenvalue weighted by molar-refractivity contribution is 5.95. The van der Waals surface area contributed by atoms with Crippen LogP contribution in [-0.2, 0) is 11.3 Å². The number of fused-ring (bicyclic) bond motifs is 1. The Morgan fingerprint density at radius 2 is 1.78 bits per heavy atom. The summed E-state index contributed by atoms with van der Waals surface area (Å²) < 4.78 is 5.17. The van der Waals surface area contributed by atoms with Crippen LogP contribution >= 0.6 is 0 Å². The molecule has 0 saturated carbocycles. The van der Waals surface area contributed by atoms with Gasteiger partial charge in [-0.05, 0) is 17.7 Å². The van der Waals surface area contributed by atoms with Gasteiger partial charge in [0.25, 0.3) is 5.69 Å². The molecule has 23 heavy (non-hydrogen) atoms. The summed E-state index contributed by atoms with van der Waals surface area (Å²) in [7, 11) is 0. The summed E-state index contributed by atoms with van der Waals surface area (Å²) in [5.41, 5.74) is 0.970. The van der Waals surface area contributed by atoms with Crippen LogP contribution in [0.3, 0.4) is 0 Å². The van der Waals surface area contributed by atoms with E-state index in [9.17, 15) is 14.9 Å². The normalized spacial score (nSPS) is 10.4. The summed E-state index contributed by atoms with van der Waals surface area (Å²) in [5.74, 6) is -0.692. The molecule has 3 rings (SSSR count). The first-order valence-corrected chi connectivity index (χ1v) is 6.90. The Hall–Kier alpha value is -3.28. The molecule has 0 saturated heterocycles. The third-order valence-electron chi connectivity index (χ3n) is 3.31. The first kappa shape index (κ1) is 14.6. The number of ether oxygens (including phenoxy) is 1. The van der Waals surface area contributed by atoms with Crippen molar-refractivity contribution in [3.05, 3.63) is 82.0 Å². The van der Waals surface area contributed by atoms with Gasteiger partial charge in [0.05, 0.1) is 15.8 Å². The van der Waals surface area contributed by atoms with Crippen molar-refractivity contribution in [3.8, 4) is 0 Å². The van der Waals surface area contributed by atoms with Gasteiger partial charge < -0.3 is 4.74 Å². The highest BCUT2D eigenvalue weighted by Gasteiger charge is 2.19. The van der Waals surface area contributed by atoms with E-state index in [-0.39, 0.29) is 18.0 Å². The number of carbonyl (C=O) groups is 1. The lowest BCUT2D eigenvalue weighted by atomic mass is 10.1. The average molecular weight is 308 g/mol. The van der Waals surface area contributed by atoms with Gasteiger partial charge in [-0.3, -0.25) is 10.1 Å². The van der Waals surface area contributed by atoms with Crippen molar-refractivity contribution in [3.63, 3.8) is 0 Å². The summed E-state index contributed by atoms with van der Waals surface area (Å²) in [4.78, 5) is 26.9. The lowest BCUT2D eigenvalue weighted by Gasteiger charge is -2.06. The van der Waals surface area contributed by atoms with E-state index in [1.807, 2.05) is 30.3 Å². The van der Waals surface area contributed by atoms with Crippen molar-refractivity contribution < 1.29 is 14.5 Å². The second-order valence-corrected chi connectivity index (χ2v) is 4.86. The van der Waals surface area contributed by atoms with Crippen LogP contribution in [0.15, 0.2) is 60.7 Å². The molecule has 0 N–H and O–H groups in total. The van der Waals surface area contributed by atoms with E-state index in [4.69, 9.17) is 4.74 Å². The maximum Gasteiger partial charge on any atom is 0.357 e. The lowest BCUT2D eigenvalue weighted by molar-refractivity contribution is -0.383.